The standard InChI is InChI=1S/C21H32N6O2/c1-6-22-20(23-15-18-24-19(29-25-18)21(2,3)4)27-13-11-26(12-14-27)16-9-7-8-10-17(16)28-5/h7-10H,6,11-15H2,1-5H3,(H,22,23). The third-order valence-electron chi connectivity index (χ3n) is 4.82. The molecular formula is C21H32N6O2. The number of guanidine groups is 1. The Labute approximate surface area is 172 Å². The van der Waals surface area contributed by atoms with Crippen LogP contribution in [0.4, 0.5) is 5.69 Å². The molecule has 1 saturated heterocycles. The zero-order chi connectivity index (χ0) is 20.9. The van der Waals surface area contributed by atoms with Crippen LogP contribution in [-0.4, -0.2) is 60.8 Å². The lowest BCUT2D eigenvalue weighted by atomic mass is 9.97. The highest BCUT2D eigenvalue weighted by Crippen LogP contribution is 2.28. The highest BCUT2D eigenvalue weighted by molar-refractivity contribution is 5.80. The molecule has 1 aromatic heterocycles. The second-order valence-corrected chi connectivity index (χ2v) is 8.08. The fraction of sp³-hybridized carbons (Fsp3) is 0.571. The number of piperazine rings is 1. The molecular weight excluding hydrogens is 368 g/mol. The summed E-state index contributed by atoms with van der Waals surface area (Å²) >= 11 is 0. The van der Waals surface area contributed by atoms with E-state index in [1.165, 1.54) is 0 Å². The smallest absolute Gasteiger partial charge is 0.232 e. The number of nitrogens with one attached hydrogen (secondary N) is 1. The van der Waals surface area contributed by atoms with Gasteiger partial charge < -0.3 is 24.4 Å². The van der Waals surface area contributed by atoms with Crippen molar-refractivity contribution in [3.63, 3.8) is 0 Å². The Hall–Kier alpha value is -2.77. The number of nitrogens with zero attached hydrogens (tertiary/aromatic N) is 5. The molecule has 0 amide bonds. The molecule has 3 rings (SSSR count). The maximum atomic E-state index is 5.51. The Balaban J connectivity index is 1.64. The van der Waals surface area contributed by atoms with E-state index in [9.17, 15) is 0 Å². The number of ether oxygens (including phenoxy) is 1. The lowest BCUT2D eigenvalue weighted by molar-refractivity contribution is 0.318. The van der Waals surface area contributed by atoms with Gasteiger partial charge in [0.05, 0.1) is 12.8 Å². The molecule has 0 radical (unpaired) electrons. The molecule has 1 fully saturated rings. The van der Waals surface area contributed by atoms with Crippen molar-refractivity contribution in [2.75, 3.05) is 44.7 Å². The van der Waals surface area contributed by atoms with Crippen LogP contribution in [0.1, 0.15) is 39.4 Å². The first kappa shape index (κ1) is 21.0. The minimum Gasteiger partial charge on any atom is -0.495 e. The van der Waals surface area contributed by atoms with E-state index < -0.39 is 0 Å². The van der Waals surface area contributed by atoms with Gasteiger partial charge in [0.15, 0.2) is 11.8 Å². The number of methoxy groups -OCH3 is 1. The Morgan fingerprint density at radius 2 is 1.93 bits per heavy atom. The second kappa shape index (κ2) is 9.15. The number of hydrogen-bond acceptors (Lipinski definition) is 6. The molecule has 1 aliphatic rings. The summed E-state index contributed by atoms with van der Waals surface area (Å²) in [6.07, 6.45) is 0. The molecule has 29 heavy (non-hydrogen) atoms. The van der Waals surface area contributed by atoms with Crippen LogP contribution in [0.2, 0.25) is 0 Å². The monoisotopic (exact) mass is 400 g/mol. The SMILES string of the molecule is CCNC(=NCc1noc(C(C)(C)C)n1)N1CCN(c2ccccc2OC)CC1. The summed E-state index contributed by atoms with van der Waals surface area (Å²) in [6.45, 7) is 13.0. The summed E-state index contributed by atoms with van der Waals surface area (Å²) in [7, 11) is 1.72. The van der Waals surface area contributed by atoms with E-state index in [2.05, 4.69) is 59.0 Å². The highest BCUT2D eigenvalue weighted by atomic mass is 16.5. The summed E-state index contributed by atoms with van der Waals surface area (Å²) in [5.74, 6) is 3.04. The van der Waals surface area contributed by atoms with Gasteiger partial charge in [0, 0.05) is 38.1 Å². The number of rotatable bonds is 5. The zero-order valence-corrected chi connectivity index (χ0v) is 18.1. The van der Waals surface area contributed by atoms with E-state index in [-0.39, 0.29) is 5.41 Å². The molecule has 8 heteroatoms. The van der Waals surface area contributed by atoms with Gasteiger partial charge in [-0.3, -0.25) is 0 Å². The van der Waals surface area contributed by atoms with Crippen LogP contribution < -0.4 is 15.0 Å². The van der Waals surface area contributed by atoms with Gasteiger partial charge in [-0.25, -0.2) is 4.99 Å². The molecule has 0 atom stereocenters. The molecule has 1 N–H and O–H groups in total. The molecule has 0 bridgehead atoms. The maximum Gasteiger partial charge on any atom is 0.232 e. The highest BCUT2D eigenvalue weighted by Gasteiger charge is 2.23. The predicted molar refractivity (Wildman–Crippen MR) is 115 cm³/mol. The van der Waals surface area contributed by atoms with Crippen LogP contribution in [-0.2, 0) is 12.0 Å². The summed E-state index contributed by atoms with van der Waals surface area (Å²) in [5.41, 5.74) is 0.979. The molecule has 8 nitrogen and oxygen atoms in total. The minimum atomic E-state index is -0.158. The topological polar surface area (TPSA) is 79.0 Å². The van der Waals surface area contributed by atoms with Gasteiger partial charge in [-0.05, 0) is 19.1 Å². The molecule has 0 unspecified atom stereocenters. The first-order chi connectivity index (χ1) is 13.9. The molecule has 0 saturated carbocycles. The van der Waals surface area contributed by atoms with Crippen molar-refractivity contribution >= 4 is 11.6 Å². The average molecular weight is 401 g/mol. The Morgan fingerprint density at radius 3 is 2.55 bits per heavy atom. The van der Waals surface area contributed by atoms with Gasteiger partial charge in [-0.2, -0.15) is 4.98 Å². The number of hydrogen-bond donors (Lipinski definition) is 1. The number of aliphatic imine (C=N–C) groups is 1. The van der Waals surface area contributed by atoms with Crippen molar-refractivity contribution < 1.29 is 9.26 Å². The van der Waals surface area contributed by atoms with Gasteiger partial charge in [0.1, 0.15) is 12.3 Å². The average Bonchev–Trinajstić information content (AvgIpc) is 3.21. The first-order valence-corrected chi connectivity index (χ1v) is 10.2. The van der Waals surface area contributed by atoms with Crippen molar-refractivity contribution in [3.05, 3.63) is 36.0 Å². The quantitative estimate of drug-likeness (QED) is 0.610. The zero-order valence-electron chi connectivity index (χ0n) is 18.1. The number of aromatic nitrogens is 2. The van der Waals surface area contributed by atoms with Crippen LogP contribution in [0.5, 0.6) is 5.75 Å². The first-order valence-electron chi connectivity index (χ1n) is 10.2. The van der Waals surface area contributed by atoms with Gasteiger partial charge in [-0.1, -0.05) is 38.1 Å². The van der Waals surface area contributed by atoms with E-state index in [1.54, 1.807) is 7.11 Å². The van der Waals surface area contributed by atoms with Gasteiger partial charge in [0.2, 0.25) is 5.89 Å². The van der Waals surface area contributed by atoms with Crippen LogP contribution in [0.25, 0.3) is 0 Å². The van der Waals surface area contributed by atoms with Crippen molar-refractivity contribution in [2.24, 2.45) is 4.99 Å². The molecule has 2 heterocycles. The molecule has 2 aromatic rings. The van der Waals surface area contributed by atoms with E-state index in [0.717, 1.165) is 50.1 Å². The maximum absolute atomic E-state index is 5.51. The Bertz CT molecular complexity index is 819. The van der Waals surface area contributed by atoms with Gasteiger partial charge >= 0.3 is 0 Å². The normalized spacial score (nSPS) is 15.6. The Kier molecular flexibility index (Phi) is 6.61. The molecule has 1 aliphatic heterocycles. The number of anilines is 1. The fourth-order valence-electron chi connectivity index (χ4n) is 3.24. The molecule has 0 spiro atoms. The summed E-state index contributed by atoms with van der Waals surface area (Å²) in [5, 5.41) is 7.45. The summed E-state index contributed by atoms with van der Waals surface area (Å²) in [6, 6.07) is 8.16. The fourth-order valence-corrected chi connectivity index (χ4v) is 3.24. The van der Waals surface area contributed by atoms with Crippen LogP contribution in [0, 0.1) is 0 Å². The van der Waals surface area contributed by atoms with Gasteiger partial charge in [-0.15, -0.1) is 0 Å². The van der Waals surface area contributed by atoms with Crippen molar-refractivity contribution in [3.8, 4) is 5.75 Å². The van der Waals surface area contributed by atoms with E-state index in [1.807, 2.05) is 18.2 Å². The van der Waals surface area contributed by atoms with E-state index in [4.69, 9.17) is 14.3 Å². The second-order valence-electron chi connectivity index (χ2n) is 8.08. The third-order valence-corrected chi connectivity index (χ3v) is 4.82. The summed E-state index contributed by atoms with van der Waals surface area (Å²) in [4.78, 5) is 13.8. The van der Waals surface area contributed by atoms with E-state index in [0.29, 0.717) is 18.3 Å². The van der Waals surface area contributed by atoms with Gasteiger partial charge in [0.25, 0.3) is 0 Å². The molecule has 158 valence electrons. The third kappa shape index (κ3) is 5.19. The predicted octanol–water partition coefficient (Wildman–Crippen LogP) is 2.66. The van der Waals surface area contributed by atoms with Crippen molar-refractivity contribution in [2.45, 2.75) is 39.7 Å². The minimum absolute atomic E-state index is 0.158. The van der Waals surface area contributed by atoms with Crippen LogP contribution >= 0.6 is 0 Å². The lowest BCUT2D eigenvalue weighted by Gasteiger charge is -2.38. The Morgan fingerprint density at radius 1 is 1.21 bits per heavy atom. The number of para-hydroxylation sites is 2. The number of benzene rings is 1. The largest absolute Gasteiger partial charge is 0.495 e. The van der Waals surface area contributed by atoms with Crippen molar-refractivity contribution in [1.29, 1.82) is 0 Å². The molecule has 1 aromatic carbocycles. The van der Waals surface area contributed by atoms with Crippen LogP contribution in [0.15, 0.2) is 33.8 Å². The van der Waals surface area contributed by atoms with E-state index >= 15 is 0 Å². The van der Waals surface area contributed by atoms with Crippen LogP contribution in [0.3, 0.4) is 0 Å². The lowest BCUT2D eigenvalue weighted by Crippen LogP contribution is -2.52. The summed E-state index contributed by atoms with van der Waals surface area (Å²) < 4.78 is 10.9. The molecule has 0 aliphatic carbocycles. The van der Waals surface area contributed by atoms with Crippen molar-refractivity contribution in [1.82, 2.24) is 20.4 Å².